The molecule has 0 saturated carbocycles. The lowest BCUT2D eigenvalue weighted by molar-refractivity contribution is 0.147. The molecule has 1 radical (unpaired) electrons. The van der Waals surface area contributed by atoms with Crippen molar-refractivity contribution in [1.29, 1.82) is 21.3 Å². The Morgan fingerprint density at radius 1 is 0.648 bits per heavy atom. The lowest BCUT2D eigenvalue weighted by Crippen LogP contribution is -2.40. The third kappa shape index (κ3) is 20.0. The zero-order valence-electron chi connectivity index (χ0n) is 56.2. The first-order chi connectivity index (χ1) is 41.2. The van der Waals surface area contributed by atoms with Gasteiger partial charge in [0.25, 0.3) is 7.41 Å². The standard InChI is InChI=1S/C76H99BCl2N7O2/c1-48(38-73(7,8)9)24-26-56(50(3)40-75(13,14)15)46-87-59-32-28-54(29-33-59)52(5)69-70(53(6)61(42-80)68-45-84-66-36-63(78)64(79)37-67(66)85-68)71(86(77-58-22-20-19-21-23-58)72(69)62(43-81)65(83)44-82)55-30-34-60(35-31-55)88-47-57(51(4)41-76(16,17)18)27-25-49(2)39-74(10,11)12/h19-23,28-37,44-45,48-51,56-57,82-83H,24-27,38-41,46-47H2,1-18H3/b61-53+,69-52-,72-62-,82-44?,83-65?. The van der Waals surface area contributed by atoms with Gasteiger partial charge in [0.1, 0.15) is 34.9 Å². The second kappa shape index (κ2) is 30.4. The highest BCUT2D eigenvalue weighted by molar-refractivity contribution is 6.53. The smallest absolute Gasteiger partial charge is 0.291 e. The summed E-state index contributed by atoms with van der Waals surface area (Å²) >= 11 is 13.0. The van der Waals surface area contributed by atoms with Gasteiger partial charge in [0.05, 0.1) is 57.1 Å². The van der Waals surface area contributed by atoms with Crippen LogP contribution in [0.1, 0.15) is 193 Å². The molecular formula is C76H99BCl2N7O2. The molecule has 2 N–H and O–H groups in total. The van der Waals surface area contributed by atoms with Crippen LogP contribution in [0, 0.1) is 90.6 Å². The average molecular weight is 1220 g/mol. The highest BCUT2D eigenvalue weighted by Gasteiger charge is 2.30. The van der Waals surface area contributed by atoms with Gasteiger partial charge in [-0.05, 0) is 180 Å². The molecule has 9 nitrogen and oxygen atoms in total. The van der Waals surface area contributed by atoms with Gasteiger partial charge < -0.3 is 19.4 Å². The molecule has 0 amide bonds. The number of aromatic nitrogens is 3. The SMILES string of the molecule is C/C(=C(/C#N)c1cnc2cc(Cl)c(Cl)cc2n1)c1c(-c2ccc(OCC(CCC(C)CC(C)(C)C)C(C)CC(C)(C)C)cc2)n([B]c2ccccc2)c(=C(/C#N)C(=N)C=N)/c1=C(/C)c1ccc(OCC(CCC(C)CC(C)(C)C)C(C)CC(C)(C)C)cc1. The molecule has 88 heavy (non-hydrogen) atoms. The van der Waals surface area contributed by atoms with Gasteiger partial charge in [-0.25, -0.2) is 4.98 Å². The van der Waals surface area contributed by atoms with Crippen molar-refractivity contribution in [2.45, 2.75) is 176 Å². The van der Waals surface area contributed by atoms with Crippen LogP contribution in [-0.2, 0) is 0 Å². The zero-order valence-corrected chi connectivity index (χ0v) is 57.7. The van der Waals surface area contributed by atoms with Crippen molar-refractivity contribution < 1.29 is 9.47 Å². The van der Waals surface area contributed by atoms with Gasteiger partial charge in [0, 0.05) is 22.7 Å². The molecule has 0 aliphatic heterocycles. The Kier molecular flexibility index (Phi) is 24.4. The molecule has 6 unspecified atom stereocenters. The maximum Gasteiger partial charge on any atom is 0.291 e. The van der Waals surface area contributed by atoms with Crippen molar-refractivity contribution in [3.05, 3.63) is 135 Å². The fourth-order valence-corrected chi connectivity index (χ4v) is 13.6. The van der Waals surface area contributed by atoms with Gasteiger partial charge in [-0.3, -0.25) is 10.4 Å². The summed E-state index contributed by atoms with van der Waals surface area (Å²) in [5.74, 6) is 4.30. The van der Waals surface area contributed by atoms with Crippen molar-refractivity contribution in [3.8, 4) is 34.9 Å². The second-order valence-electron chi connectivity index (χ2n) is 30.2. The van der Waals surface area contributed by atoms with E-state index in [9.17, 15) is 15.9 Å². The number of halogens is 2. The first kappa shape index (κ1) is 70.6. The molecule has 6 rings (SSSR count). The number of allylic oxidation sites excluding steroid dienone is 2. The molecule has 2 heterocycles. The lowest BCUT2D eigenvalue weighted by atomic mass is 9.76. The number of ether oxygens (including phenoxy) is 2. The quantitative estimate of drug-likeness (QED) is 0.0314. The zero-order chi connectivity index (χ0) is 65.1. The van der Waals surface area contributed by atoms with E-state index in [0.717, 1.165) is 78.4 Å². The van der Waals surface area contributed by atoms with Crippen molar-refractivity contribution in [1.82, 2.24) is 14.4 Å². The molecule has 6 atom stereocenters. The molecule has 2 aromatic heterocycles. The predicted octanol–water partition coefficient (Wildman–Crippen LogP) is 19.1. The summed E-state index contributed by atoms with van der Waals surface area (Å²) in [6, 6.07) is 34.2. The van der Waals surface area contributed by atoms with Crippen LogP contribution < -0.4 is 25.5 Å². The monoisotopic (exact) mass is 1220 g/mol. The van der Waals surface area contributed by atoms with E-state index in [4.69, 9.17) is 48.1 Å². The molecule has 0 saturated heterocycles. The number of nitriles is 2. The Labute approximate surface area is 539 Å². The van der Waals surface area contributed by atoms with E-state index in [-0.39, 0.29) is 38.5 Å². The third-order valence-electron chi connectivity index (χ3n) is 16.9. The van der Waals surface area contributed by atoms with Crippen LogP contribution in [0.15, 0.2) is 97.2 Å². The van der Waals surface area contributed by atoms with E-state index < -0.39 is 0 Å². The fourth-order valence-electron chi connectivity index (χ4n) is 13.2. The normalized spacial score (nSPS) is 15.4. The summed E-state index contributed by atoms with van der Waals surface area (Å²) in [4.78, 5) is 9.70. The fraction of sp³-hybridized carbons (Fsp3) is 0.500. The Morgan fingerprint density at radius 3 is 1.58 bits per heavy atom. The molecule has 4 aromatic carbocycles. The van der Waals surface area contributed by atoms with Crippen LogP contribution in [0.25, 0.3) is 44.6 Å². The summed E-state index contributed by atoms with van der Waals surface area (Å²) in [5.41, 5.74) is 7.12. The Hall–Kier alpha value is -6.46. The number of rotatable bonds is 26. The van der Waals surface area contributed by atoms with Crippen molar-refractivity contribution in [3.63, 3.8) is 0 Å². The maximum absolute atomic E-state index is 11.5. The topological polar surface area (TPSA) is 144 Å². The lowest BCUT2D eigenvalue weighted by Gasteiger charge is -2.31. The Balaban J connectivity index is 1.61. The Morgan fingerprint density at radius 2 is 1.12 bits per heavy atom. The molecule has 467 valence electrons. The third-order valence-corrected chi connectivity index (χ3v) is 17.6. The van der Waals surface area contributed by atoms with Crippen LogP contribution in [0.2, 0.25) is 10.0 Å². The highest BCUT2D eigenvalue weighted by atomic mass is 35.5. The van der Waals surface area contributed by atoms with Gasteiger partial charge in [-0.2, -0.15) is 10.5 Å². The van der Waals surface area contributed by atoms with E-state index in [1.807, 2.05) is 105 Å². The van der Waals surface area contributed by atoms with E-state index >= 15 is 0 Å². The molecule has 0 fully saturated rings. The summed E-state index contributed by atoms with van der Waals surface area (Å²) in [5, 5.41) is 42.2. The molecule has 0 aliphatic carbocycles. The largest absolute Gasteiger partial charge is 0.493 e. The number of hydrogen-bond donors (Lipinski definition) is 2. The van der Waals surface area contributed by atoms with Crippen LogP contribution in [0.4, 0.5) is 0 Å². The van der Waals surface area contributed by atoms with E-state index in [1.54, 1.807) is 18.3 Å². The molecule has 6 aromatic rings. The van der Waals surface area contributed by atoms with E-state index in [2.05, 4.69) is 123 Å². The molecular weight excluding hydrogens is 1120 g/mol. The Bertz CT molecular complexity index is 3620. The van der Waals surface area contributed by atoms with E-state index in [1.165, 1.54) is 12.8 Å². The van der Waals surface area contributed by atoms with Crippen molar-refractivity contribution in [2.24, 2.45) is 57.2 Å². The van der Waals surface area contributed by atoms with Gasteiger partial charge >= 0.3 is 0 Å². The van der Waals surface area contributed by atoms with Gasteiger partial charge in [-0.1, -0.05) is 195 Å². The summed E-state index contributed by atoms with van der Waals surface area (Å²) in [7, 11) is 1.96. The van der Waals surface area contributed by atoms with Crippen LogP contribution in [0.5, 0.6) is 11.5 Å². The number of benzene rings is 4. The van der Waals surface area contributed by atoms with Crippen molar-refractivity contribution in [2.75, 3.05) is 13.2 Å². The van der Waals surface area contributed by atoms with E-state index in [0.29, 0.717) is 103 Å². The summed E-state index contributed by atoms with van der Waals surface area (Å²) < 4.78 is 15.5. The van der Waals surface area contributed by atoms with Gasteiger partial charge in [-0.15, -0.1) is 0 Å². The number of nitrogens with zero attached hydrogens (tertiary/aromatic N) is 5. The summed E-state index contributed by atoms with van der Waals surface area (Å²) in [6.07, 6.45) is 11.4. The van der Waals surface area contributed by atoms with Gasteiger partial charge in [0.2, 0.25) is 0 Å². The average Bonchev–Trinajstić information content (AvgIpc) is 1.58. The molecule has 12 heteroatoms. The molecule has 0 aliphatic rings. The minimum Gasteiger partial charge on any atom is -0.493 e. The summed E-state index contributed by atoms with van der Waals surface area (Å²) in [6.45, 7) is 42.4. The maximum atomic E-state index is 11.5. The van der Waals surface area contributed by atoms with Crippen LogP contribution >= 0.6 is 23.2 Å². The van der Waals surface area contributed by atoms with Crippen LogP contribution in [0.3, 0.4) is 0 Å². The molecule has 0 bridgehead atoms. The molecule has 0 spiro atoms. The first-order valence-electron chi connectivity index (χ1n) is 31.8. The van der Waals surface area contributed by atoms with Crippen LogP contribution in [-0.4, -0.2) is 47.0 Å². The van der Waals surface area contributed by atoms with Crippen molar-refractivity contribution >= 4 is 81.3 Å². The number of hydrogen-bond acceptors (Lipinski definition) is 8. The predicted molar refractivity (Wildman–Crippen MR) is 374 cm³/mol. The number of nitrogens with one attached hydrogen (secondary N) is 2. The highest BCUT2D eigenvalue weighted by Crippen LogP contribution is 2.39. The number of fused-ring (bicyclic) bond motifs is 1. The minimum absolute atomic E-state index is 0.0215. The second-order valence-corrected chi connectivity index (χ2v) is 31.0. The minimum atomic E-state index is -0.272. The first-order valence-corrected chi connectivity index (χ1v) is 32.5. The van der Waals surface area contributed by atoms with Gasteiger partial charge in [0.15, 0.2) is 0 Å².